The summed E-state index contributed by atoms with van der Waals surface area (Å²) in [7, 11) is 1.31. The van der Waals surface area contributed by atoms with Crippen LogP contribution in [-0.2, 0) is 4.74 Å². The van der Waals surface area contributed by atoms with Crippen molar-refractivity contribution in [1.29, 1.82) is 0 Å². The van der Waals surface area contributed by atoms with Gasteiger partial charge in [-0.25, -0.2) is 9.59 Å². The van der Waals surface area contributed by atoms with E-state index in [1.807, 2.05) is 0 Å². The van der Waals surface area contributed by atoms with E-state index in [-0.39, 0.29) is 17.1 Å². The lowest BCUT2D eigenvalue weighted by Gasteiger charge is -2.05. The number of furan rings is 1. The molecule has 0 radical (unpaired) electrons. The number of ether oxygens (including phenoxy) is 1. The van der Waals surface area contributed by atoms with Crippen molar-refractivity contribution in [3.05, 3.63) is 51.4 Å². The molecule has 6 heteroatoms. The van der Waals surface area contributed by atoms with Crippen LogP contribution in [0.5, 0.6) is 5.75 Å². The smallest absolute Gasteiger partial charge is 0.343 e. The highest BCUT2D eigenvalue weighted by molar-refractivity contribution is 5.95. The first kappa shape index (κ1) is 14.9. The van der Waals surface area contributed by atoms with Gasteiger partial charge in [-0.15, -0.1) is 0 Å². The summed E-state index contributed by atoms with van der Waals surface area (Å²) >= 11 is 0. The summed E-state index contributed by atoms with van der Waals surface area (Å²) in [4.78, 5) is 23.3. The third-order valence-corrected chi connectivity index (χ3v) is 3.71. The molecule has 1 N–H and O–H groups in total. The first-order valence-electron chi connectivity index (χ1n) is 6.88. The standard InChI is InChI=1S/C17H14O6/c1-8-14(18)9(2)16(19)23-15(8)13-7-11-6-10(17(20)21-3)4-5-12(11)22-13/h4-7,18H,1-3H3. The maximum Gasteiger partial charge on any atom is 0.343 e. The number of hydrogen-bond acceptors (Lipinski definition) is 6. The first-order chi connectivity index (χ1) is 10.9. The fraction of sp³-hybridized carbons (Fsp3) is 0.176. The number of esters is 1. The second kappa shape index (κ2) is 5.31. The van der Waals surface area contributed by atoms with E-state index in [2.05, 4.69) is 4.74 Å². The molecule has 2 heterocycles. The van der Waals surface area contributed by atoms with Crippen LogP contribution in [0.3, 0.4) is 0 Å². The second-order valence-electron chi connectivity index (χ2n) is 5.17. The van der Waals surface area contributed by atoms with Gasteiger partial charge in [0, 0.05) is 10.9 Å². The van der Waals surface area contributed by atoms with E-state index in [4.69, 9.17) is 8.83 Å². The zero-order valence-corrected chi connectivity index (χ0v) is 12.8. The molecule has 0 saturated carbocycles. The van der Waals surface area contributed by atoms with Crippen molar-refractivity contribution in [2.24, 2.45) is 0 Å². The zero-order valence-electron chi connectivity index (χ0n) is 12.8. The molecule has 0 fully saturated rings. The molecular weight excluding hydrogens is 300 g/mol. The Morgan fingerprint density at radius 1 is 1.13 bits per heavy atom. The van der Waals surface area contributed by atoms with E-state index in [1.54, 1.807) is 31.2 Å². The minimum atomic E-state index is -0.626. The molecule has 0 aliphatic heterocycles. The second-order valence-corrected chi connectivity index (χ2v) is 5.17. The molecule has 2 aromatic heterocycles. The summed E-state index contributed by atoms with van der Waals surface area (Å²) in [6, 6.07) is 6.47. The molecule has 118 valence electrons. The minimum absolute atomic E-state index is 0.119. The van der Waals surface area contributed by atoms with Gasteiger partial charge in [0.2, 0.25) is 0 Å². The molecular formula is C17H14O6. The minimum Gasteiger partial charge on any atom is -0.507 e. The van der Waals surface area contributed by atoms with Gasteiger partial charge in [0.1, 0.15) is 11.3 Å². The highest BCUT2D eigenvalue weighted by Gasteiger charge is 2.18. The summed E-state index contributed by atoms with van der Waals surface area (Å²) in [6.45, 7) is 3.12. The number of carbonyl (C=O) groups excluding carboxylic acids is 1. The monoisotopic (exact) mass is 314 g/mol. The highest BCUT2D eigenvalue weighted by atomic mass is 16.5. The normalized spacial score (nSPS) is 10.9. The van der Waals surface area contributed by atoms with Crippen LogP contribution in [0.15, 0.2) is 37.9 Å². The van der Waals surface area contributed by atoms with Crippen LogP contribution in [-0.4, -0.2) is 18.2 Å². The molecule has 3 aromatic rings. The number of hydrogen-bond donors (Lipinski definition) is 1. The van der Waals surface area contributed by atoms with Crippen molar-refractivity contribution >= 4 is 16.9 Å². The van der Waals surface area contributed by atoms with Gasteiger partial charge in [-0.3, -0.25) is 0 Å². The third-order valence-electron chi connectivity index (χ3n) is 3.71. The van der Waals surface area contributed by atoms with Crippen molar-refractivity contribution in [1.82, 2.24) is 0 Å². The van der Waals surface area contributed by atoms with E-state index >= 15 is 0 Å². The average molecular weight is 314 g/mol. The van der Waals surface area contributed by atoms with Crippen molar-refractivity contribution < 1.29 is 23.5 Å². The van der Waals surface area contributed by atoms with Crippen LogP contribution in [0.4, 0.5) is 0 Å². The molecule has 1 aromatic carbocycles. The number of fused-ring (bicyclic) bond motifs is 1. The summed E-state index contributed by atoms with van der Waals surface area (Å²) in [5.41, 5.74) is 0.843. The van der Waals surface area contributed by atoms with Crippen LogP contribution in [0.25, 0.3) is 22.5 Å². The molecule has 0 saturated heterocycles. The largest absolute Gasteiger partial charge is 0.507 e. The van der Waals surface area contributed by atoms with Crippen LogP contribution in [0, 0.1) is 13.8 Å². The number of methoxy groups -OCH3 is 1. The van der Waals surface area contributed by atoms with Crippen molar-refractivity contribution in [3.8, 4) is 17.3 Å². The molecule has 0 amide bonds. The Morgan fingerprint density at radius 2 is 1.87 bits per heavy atom. The van der Waals surface area contributed by atoms with E-state index in [1.165, 1.54) is 14.0 Å². The molecule has 0 aliphatic rings. The van der Waals surface area contributed by atoms with E-state index in [0.29, 0.717) is 27.9 Å². The van der Waals surface area contributed by atoms with Gasteiger partial charge in [0.15, 0.2) is 11.5 Å². The molecule has 6 nitrogen and oxygen atoms in total. The number of aromatic hydroxyl groups is 1. The van der Waals surface area contributed by atoms with Crippen molar-refractivity contribution in [2.75, 3.05) is 7.11 Å². The third kappa shape index (κ3) is 2.38. The van der Waals surface area contributed by atoms with E-state index in [9.17, 15) is 14.7 Å². The van der Waals surface area contributed by atoms with Gasteiger partial charge in [-0.1, -0.05) is 0 Å². The van der Waals surface area contributed by atoms with Gasteiger partial charge in [-0.05, 0) is 38.1 Å². The Morgan fingerprint density at radius 3 is 2.57 bits per heavy atom. The Balaban J connectivity index is 2.18. The van der Waals surface area contributed by atoms with Crippen LogP contribution >= 0.6 is 0 Å². The molecule has 0 aliphatic carbocycles. The average Bonchev–Trinajstić information content (AvgIpc) is 2.98. The Kier molecular flexibility index (Phi) is 3.44. The Labute approximate surface area is 130 Å². The molecule has 0 bridgehead atoms. The lowest BCUT2D eigenvalue weighted by Crippen LogP contribution is -2.05. The molecule has 3 rings (SSSR count). The van der Waals surface area contributed by atoms with Gasteiger partial charge in [0.25, 0.3) is 0 Å². The lowest BCUT2D eigenvalue weighted by molar-refractivity contribution is 0.0601. The quantitative estimate of drug-likeness (QED) is 0.731. The van der Waals surface area contributed by atoms with Gasteiger partial charge in [0.05, 0.1) is 18.2 Å². The van der Waals surface area contributed by atoms with E-state index < -0.39 is 11.6 Å². The number of carbonyl (C=O) groups is 1. The molecule has 0 unspecified atom stereocenters. The first-order valence-corrected chi connectivity index (χ1v) is 6.88. The van der Waals surface area contributed by atoms with Crippen molar-refractivity contribution in [3.63, 3.8) is 0 Å². The van der Waals surface area contributed by atoms with Gasteiger partial charge < -0.3 is 18.7 Å². The number of benzene rings is 1. The van der Waals surface area contributed by atoms with Crippen LogP contribution < -0.4 is 5.63 Å². The molecule has 0 spiro atoms. The number of rotatable bonds is 2. The SMILES string of the molecule is COC(=O)c1ccc2oc(-c3oc(=O)c(C)c(O)c3C)cc2c1. The summed E-state index contributed by atoms with van der Waals surface area (Å²) in [5.74, 6) is -0.113. The fourth-order valence-corrected chi connectivity index (χ4v) is 2.37. The Hall–Kier alpha value is -3.02. The van der Waals surface area contributed by atoms with E-state index in [0.717, 1.165) is 0 Å². The summed E-state index contributed by atoms with van der Waals surface area (Å²) in [6.07, 6.45) is 0. The van der Waals surface area contributed by atoms with Crippen LogP contribution in [0.1, 0.15) is 21.5 Å². The summed E-state index contributed by atoms with van der Waals surface area (Å²) < 4.78 is 15.6. The zero-order chi connectivity index (χ0) is 16.7. The summed E-state index contributed by atoms with van der Waals surface area (Å²) in [5, 5.41) is 10.6. The maximum absolute atomic E-state index is 11.8. The van der Waals surface area contributed by atoms with Gasteiger partial charge >= 0.3 is 11.6 Å². The highest BCUT2D eigenvalue weighted by Crippen LogP contribution is 2.33. The predicted molar refractivity (Wildman–Crippen MR) is 82.7 cm³/mol. The van der Waals surface area contributed by atoms with Gasteiger partial charge in [-0.2, -0.15) is 0 Å². The fourth-order valence-electron chi connectivity index (χ4n) is 2.37. The Bertz CT molecular complexity index is 977. The molecule has 23 heavy (non-hydrogen) atoms. The lowest BCUT2D eigenvalue weighted by atomic mass is 10.1. The van der Waals surface area contributed by atoms with Crippen molar-refractivity contribution in [2.45, 2.75) is 13.8 Å². The predicted octanol–water partition coefficient (Wildman–Crippen LogP) is 3.16. The molecule has 0 atom stereocenters. The topological polar surface area (TPSA) is 89.9 Å². The maximum atomic E-state index is 11.8. The van der Waals surface area contributed by atoms with Crippen LogP contribution in [0.2, 0.25) is 0 Å².